The maximum absolute atomic E-state index is 15.2. The summed E-state index contributed by atoms with van der Waals surface area (Å²) in [6.07, 6.45) is 4.23. The first-order valence-corrected chi connectivity index (χ1v) is 26.5. The molecule has 6 aliphatic rings. The van der Waals surface area contributed by atoms with Crippen LogP contribution in [0.3, 0.4) is 0 Å². The van der Waals surface area contributed by atoms with E-state index >= 15 is 9.59 Å². The van der Waals surface area contributed by atoms with Crippen molar-refractivity contribution in [2.45, 2.75) is 90.3 Å². The first kappa shape index (κ1) is 53.2. The van der Waals surface area contributed by atoms with Crippen LogP contribution in [0, 0.1) is 47.3 Å². The minimum atomic E-state index is -1.01. The third-order valence-electron chi connectivity index (χ3n) is 16.4. The maximum Gasteiger partial charge on any atom is 0.339 e. The van der Waals surface area contributed by atoms with Crippen molar-refractivity contribution in [2.24, 2.45) is 47.3 Å². The number of fused-ring (bicyclic) bond motifs is 8. The molecule has 4 amide bonds. The summed E-state index contributed by atoms with van der Waals surface area (Å²) in [7, 11) is 11.0. The lowest BCUT2D eigenvalue weighted by Gasteiger charge is -2.51. The van der Waals surface area contributed by atoms with Gasteiger partial charge in [-0.1, -0.05) is 62.4 Å². The number of methoxy groups -OCH3 is 2. The van der Waals surface area contributed by atoms with Crippen LogP contribution in [-0.4, -0.2) is 126 Å². The van der Waals surface area contributed by atoms with E-state index in [9.17, 15) is 19.2 Å². The molecule has 73 heavy (non-hydrogen) atoms. The normalized spacial score (nSPS) is 25.1. The third kappa shape index (κ3) is 11.1. The summed E-state index contributed by atoms with van der Waals surface area (Å²) in [6, 6.07) is 18.8. The predicted molar refractivity (Wildman–Crippen MR) is 279 cm³/mol. The van der Waals surface area contributed by atoms with Crippen molar-refractivity contribution in [3.63, 3.8) is 0 Å². The number of nitrogens with one attached hydrogen (secondary N) is 3. The van der Waals surface area contributed by atoms with E-state index in [4.69, 9.17) is 18.9 Å². The van der Waals surface area contributed by atoms with Gasteiger partial charge in [-0.2, -0.15) is 0 Å². The molecule has 6 saturated carbocycles. The highest BCUT2D eigenvalue weighted by molar-refractivity contribution is 6.09. The second kappa shape index (κ2) is 23.4. The second-order valence-electron chi connectivity index (χ2n) is 21.2. The third-order valence-corrected chi connectivity index (χ3v) is 16.4. The van der Waals surface area contributed by atoms with Crippen LogP contribution in [0.15, 0.2) is 60.7 Å². The number of hydrogen-bond acceptors (Lipinski definition) is 12. The lowest BCUT2D eigenvalue weighted by atomic mass is 9.56. The van der Waals surface area contributed by atoms with Gasteiger partial charge in [0.15, 0.2) is 0 Å². The van der Waals surface area contributed by atoms with Crippen LogP contribution < -0.4 is 25.4 Å². The Bertz CT molecular complexity index is 2520. The van der Waals surface area contributed by atoms with Gasteiger partial charge >= 0.3 is 11.9 Å². The van der Waals surface area contributed by atoms with Crippen LogP contribution in [0.2, 0.25) is 0 Å². The Kier molecular flexibility index (Phi) is 17.1. The summed E-state index contributed by atoms with van der Waals surface area (Å²) in [5.74, 6) is -6.92. The minimum Gasteiger partial charge on any atom is -0.496 e. The quantitative estimate of drug-likeness (QED) is 0.0470. The van der Waals surface area contributed by atoms with Crippen molar-refractivity contribution in [3.05, 3.63) is 82.9 Å². The molecule has 4 aromatic rings. The molecule has 0 heterocycles. The summed E-state index contributed by atoms with van der Waals surface area (Å²) in [4.78, 5) is 92.3. The Balaban J connectivity index is 1.09. The standard InChI is InChI=1S/C58H75N5O10/c1-9-33-19-23-37-39(15-11-17-43(37)70-7)47(33)57(68)72-45-31-35-21-25-41(45)51(49(35)53(64)59-27-13-29-62(3)4)55(66)61-56(67)52-42-26-22-36(50(52)54(65)60-28-14-30-63(5)6)32-46(42)73-58(69)48-34(10-2)20-24-38-40(48)16-12-18-44(38)71-8/h11-12,15-20,23-24,35-36,41-42,45-46,49-52H,9-10,13-14,21-22,25-32H2,1-8H3,(H,59,64)(H,60,65)(H,61,66,67). The second-order valence-corrected chi connectivity index (χ2v) is 21.2. The number of rotatable bonds is 20. The fourth-order valence-electron chi connectivity index (χ4n) is 13.0. The molecule has 10 unspecified atom stereocenters. The van der Waals surface area contributed by atoms with Gasteiger partial charge in [-0.3, -0.25) is 24.5 Å². The molecule has 0 spiro atoms. The van der Waals surface area contributed by atoms with Crippen molar-refractivity contribution in [3.8, 4) is 11.5 Å². The number of nitrogens with zero attached hydrogens (tertiary/aromatic N) is 2. The van der Waals surface area contributed by atoms with Gasteiger partial charge in [-0.05, 0) is 141 Å². The van der Waals surface area contributed by atoms with Gasteiger partial charge in [0.1, 0.15) is 23.7 Å². The molecule has 3 N–H and O–H groups in total. The molecule has 0 radical (unpaired) electrons. The zero-order valence-corrected chi connectivity index (χ0v) is 43.9. The van der Waals surface area contributed by atoms with E-state index in [1.54, 1.807) is 14.2 Å². The average molecular weight is 1000 g/mol. The van der Waals surface area contributed by atoms with Crippen molar-refractivity contribution in [2.75, 3.05) is 68.6 Å². The number of carbonyl (C=O) groups excluding carboxylic acids is 6. The SMILES string of the molecule is CCc1ccc2c(OC)cccc2c1C(=O)OC1CC2CCC1C(C(=O)NC(=O)C1C3CCC(CC3OC(=O)c3c(CC)ccc4c(OC)cccc34)C1C(=O)NCCCN(C)C)C2C(=O)NCCCN(C)C. The highest BCUT2D eigenvalue weighted by Crippen LogP contribution is 2.53. The summed E-state index contributed by atoms with van der Waals surface area (Å²) < 4.78 is 24.3. The largest absolute Gasteiger partial charge is 0.496 e. The van der Waals surface area contributed by atoms with Gasteiger partial charge in [-0.25, -0.2) is 9.59 Å². The van der Waals surface area contributed by atoms with E-state index in [1.165, 1.54) is 0 Å². The molecular weight excluding hydrogens is 927 g/mol. The molecule has 15 heteroatoms. The summed E-state index contributed by atoms with van der Waals surface area (Å²) in [6.45, 7) is 6.29. The molecule has 6 fully saturated rings. The smallest absolute Gasteiger partial charge is 0.339 e. The van der Waals surface area contributed by atoms with Crippen molar-refractivity contribution < 1.29 is 47.7 Å². The zero-order valence-electron chi connectivity index (χ0n) is 43.9. The van der Waals surface area contributed by atoms with Crippen LogP contribution in [0.5, 0.6) is 11.5 Å². The lowest BCUT2D eigenvalue weighted by molar-refractivity contribution is -0.162. The number of amides is 4. The van der Waals surface area contributed by atoms with Gasteiger partial charge in [0.25, 0.3) is 0 Å². The topological polar surface area (TPSA) is 182 Å². The summed E-state index contributed by atoms with van der Waals surface area (Å²) in [5.41, 5.74) is 2.50. The zero-order chi connectivity index (χ0) is 52.1. The van der Waals surface area contributed by atoms with Crippen LogP contribution in [0.1, 0.15) is 97.1 Å². The van der Waals surface area contributed by atoms with Crippen LogP contribution >= 0.6 is 0 Å². The number of imide groups is 1. The maximum atomic E-state index is 15.2. The fraction of sp³-hybridized carbons (Fsp3) is 0.552. The number of ether oxygens (including phenoxy) is 4. The van der Waals surface area contributed by atoms with E-state index in [1.807, 2.05) is 113 Å². The Hall–Kier alpha value is -6.06. The molecule has 4 aromatic carbocycles. The van der Waals surface area contributed by atoms with Crippen molar-refractivity contribution in [1.29, 1.82) is 0 Å². The predicted octanol–water partition coefficient (Wildman–Crippen LogP) is 6.99. The molecule has 392 valence electrons. The molecule has 6 aliphatic carbocycles. The average Bonchev–Trinajstić information content (AvgIpc) is 3.39. The molecule has 0 aromatic heterocycles. The molecule has 4 bridgehead atoms. The van der Waals surface area contributed by atoms with E-state index in [0.29, 0.717) is 111 Å². The Labute approximate surface area is 429 Å². The summed E-state index contributed by atoms with van der Waals surface area (Å²) >= 11 is 0. The van der Waals surface area contributed by atoms with E-state index in [-0.39, 0.29) is 23.7 Å². The Morgan fingerprint density at radius 2 is 0.932 bits per heavy atom. The van der Waals surface area contributed by atoms with Gasteiger partial charge < -0.3 is 39.4 Å². The van der Waals surface area contributed by atoms with E-state index in [0.717, 1.165) is 35.0 Å². The minimum absolute atomic E-state index is 0.267. The molecular formula is C58H75N5O10. The number of hydrogen-bond donors (Lipinski definition) is 3. The van der Waals surface area contributed by atoms with Crippen LogP contribution in [-0.2, 0) is 41.5 Å². The Morgan fingerprint density at radius 3 is 1.30 bits per heavy atom. The number of aryl methyl sites for hydroxylation is 2. The van der Waals surface area contributed by atoms with Gasteiger partial charge in [-0.15, -0.1) is 0 Å². The highest BCUT2D eigenvalue weighted by atomic mass is 16.5. The fourth-order valence-corrected chi connectivity index (χ4v) is 13.0. The van der Waals surface area contributed by atoms with E-state index in [2.05, 4.69) is 16.0 Å². The molecule has 10 atom stereocenters. The lowest BCUT2D eigenvalue weighted by Crippen LogP contribution is -2.61. The number of esters is 2. The molecule has 0 saturated heterocycles. The summed E-state index contributed by atoms with van der Waals surface area (Å²) in [5, 5.41) is 11.9. The van der Waals surface area contributed by atoms with Crippen LogP contribution in [0.25, 0.3) is 21.5 Å². The molecule has 15 nitrogen and oxygen atoms in total. The number of benzene rings is 4. The first-order valence-electron chi connectivity index (χ1n) is 26.5. The number of carbonyl (C=O) groups is 6. The van der Waals surface area contributed by atoms with Crippen molar-refractivity contribution >= 4 is 57.1 Å². The van der Waals surface area contributed by atoms with Gasteiger partial charge in [0.2, 0.25) is 23.6 Å². The first-order chi connectivity index (χ1) is 35.2. The highest BCUT2D eigenvalue weighted by Gasteiger charge is 2.58. The molecule has 10 rings (SSSR count). The van der Waals surface area contributed by atoms with Gasteiger partial charge in [0.05, 0.1) is 49.0 Å². The van der Waals surface area contributed by atoms with Crippen LogP contribution in [0.4, 0.5) is 0 Å². The monoisotopic (exact) mass is 1000 g/mol. The van der Waals surface area contributed by atoms with Crippen molar-refractivity contribution in [1.82, 2.24) is 25.8 Å². The van der Waals surface area contributed by atoms with Gasteiger partial charge in [0, 0.05) is 46.5 Å². The van der Waals surface area contributed by atoms with E-state index < -0.39 is 71.5 Å². The molecule has 0 aliphatic heterocycles. The Morgan fingerprint density at radius 1 is 0.521 bits per heavy atom.